The molecule has 0 unspecified atom stereocenters. The minimum Gasteiger partial charge on any atom is -0.507 e. The van der Waals surface area contributed by atoms with E-state index in [1.54, 1.807) is 30.6 Å². The van der Waals surface area contributed by atoms with Crippen molar-refractivity contribution in [2.75, 3.05) is 19.0 Å². The topological polar surface area (TPSA) is 83.0 Å². The van der Waals surface area contributed by atoms with E-state index in [9.17, 15) is 14.7 Å². The Bertz CT molecular complexity index is 1320. The van der Waals surface area contributed by atoms with Gasteiger partial charge in [-0.15, -0.1) is 0 Å². The molecular formula is C28H27N3O4. The molecular weight excluding hydrogens is 442 g/mol. The number of anilines is 1. The number of benzene rings is 2. The SMILES string of the molecule is C[C@H]1Cc2cc(C(O)=C3C(=O)C(=O)N(Cc4cccnc4)[C@H]3c3ccc(N(C)C)cc3)ccc2O1. The van der Waals surface area contributed by atoms with Gasteiger partial charge in [-0.25, -0.2) is 0 Å². The number of likely N-dealkylation sites (tertiary alicyclic amines) is 1. The van der Waals surface area contributed by atoms with Crippen LogP contribution >= 0.6 is 0 Å². The third kappa shape index (κ3) is 4.14. The highest BCUT2D eigenvalue weighted by atomic mass is 16.5. The number of Topliss-reactive ketones (excluding diaryl/α,β-unsaturated/α-hetero) is 1. The number of rotatable bonds is 5. The van der Waals surface area contributed by atoms with Crippen LogP contribution in [0.25, 0.3) is 5.76 Å². The van der Waals surface area contributed by atoms with Gasteiger partial charge in [0.25, 0.3) is 11.7 Å². The summed E-state index contributed by atoms with van der Waals surface area (Å²) >= 11 is 0. The number of carbonyl (C=O) groups excluding carboxylic acids is 2. The zero-order valence-electron chi connectivity index (χ0n) is 19.9. The van der Waals surface area contributed by atoms with E-state index in [0.717, 1.165) is 34.5 Å². The van der Waals surface area contributed by atoms with E-state index in [0.29, 0.717) is 5.56 Å². The molecule has 1 saturated heterocycles. The molecule has 1 fully saturated rings. The Hall–Kier alpha value is -4.13. The van der Waals surface area contributed by atoms with Crippen LogP contribution in [0.1, 0.15) is 35.2 Å². The zero-order valence-corrected chi connectivity index (χ0v) is 19.9. The number of pyridine rings is 1. The van der Waals surface area contributed by atoms with Gasteiger partial charge in [0.1, 0.15) is 17.6 Å². The van der Waals surface area contributed by atoms with Crippen LogP contribution < -0.4 is 9.64 Å². The molecule has 2 aliphatic heterocycles. The Labute approximate surface area is 204 Å². The Balaban J connectivity index is 1.62. The summed E-state index contributed by atoms with van der Waals surface area (Å²) in [5.74, 6) is -0.739. The lowest BCUT2D eigenvalue weighted by Gasteiger charge is -2.26. The molecule has 1 amide bonds. The largest absolute Gasteiger partial charge is 0.507 e. The van der Waals surface area contributed by atoms with E-state index in [4.69, 9.17) is 4.74 Å². The van der Waals surface area contributed by atoms with E-state index < -0.39 is 17.7 Å². The molecule has 0 aliphatic carbocycles. The number of aliphatic hydroxyl groups excluding tert-OH is 1. The van der Waals surface area contributed by atoms with Gasteiger partial charge in [0.15, 0.2) is 0 Å². The lowest BCUT2D eigenvalue weighted by molar-refractivity contribution is -0.140. The fraction of sp³-hybridized carbons (Fsp3) is 0.250. The number of nitrogens with zero attached hydrogens (tertiary/aromatic N) is 3. The predicted molar refractivity (Wildman–Crippen MR) is 133 cm³/mol. The second kappa shape index (κ2) is 8.91. The van der Waals surface area contributed by atoms with Gasteiger partial charge in [0.05, 0.1) is 11.6 Å². The quantitative estimate of drug-likeness (QED) is 0.344. The number of hydrogen-bond donors (Lipinski definition) is 1. The van der Waals surface area contributed by atoms with Crippen LogP contribution in [0.4, 0.5) is 5.69 Å². The lowest BCUT2D eigenvalue weighted by atomic mass is 9.94. The molecule has 3 aromatic rings. The van der Waals surface area contributed by atoms with Crippen molar-refractivity contribution in [1.82, 2.24) is 9.88 Å². The van der Waals surface area contributed by atoms with Crippen LogP contribution in [-0.2, 0) is 22.6 Å². The van der Waals surface area contributed by atoms with Crippen LogP contribution in [0.3, 0.4) is 0 Å². The van der Waals surface area contributed by atoms with Gasteiger partial charge in [-0.05, 0) is 60.0 Å². The first-order chi connectivity index (χ1) is 16.8. The maximum absolute atomic E-state index is 13.3. The molecule has 35 heavy (non-hydrogen) atoms. The number of ether oxygens (including phenoxy) is 1. The standard InChI is InChI=1S/C28H27N3O4/c1-17-13-21-14-20(8-11-23(21)35-17)26(32)24-25(19-6-9-22(10-7-19)30(2)3)31(28(34)27(24)33)16-18-5-4-12-29-15-18/h4-12,14-15,17,25,32H,13,16H2,1-3H3/t17-,25-/m0/s1. The van der Waals surface area contributed by atoms with Crippen LogP contribution in [0, 0.1) is 0 Å². The van der Waals surface area contributed by atoms with Crippen LogP contribution in [0.2, 0.25) is 0 Å². The third-order valence-electron chi connectivity index (χ3n) is 6.51. The number of aliphatic hydroxyl groups is 1. The normalized spacial score (nSPS) is 20.6. The number of aromatic nitrogens is 1. The fourth-order valence-electron chi connectivity index (χ4n) is 4.76. The smallest absolute Gasteiger partial charge is 0.295 e. The monoisotopic (exact) mass is 469 g/mol. The number of fused-ring (bicyclic) bond motifs is 1. The average Bonchev–Trinajstić information content (AvgIpc) is 3.35. The van der Waals surface area contributed by atoms with Gasteiger partial charge in [-0.2, -0.15) is 0 Å². The summed E-state index contributed by atoms with van der Waals surface area (Å²) in [7, 11) is 3.89. The molecule has 0 saturated carbocycles. The van der Waals surface area contributed by atoms with Crippen molar-refractivity contribution < 1.29 is 19.4 Å². The van der Waals surface area contributed by atoms with Gasteiger partial charge in [0, 0.05) is 50.7 Å². The van der Waals surface area contributed by atoms with Crippen molar-refractivity contribution in [2.45, 2.75) is 32.0 Å². The van der Waals surface area contributed by atoms with Gasteiger partial charge < -0.3 is 19.6 Å². The van der Waals surface area contributed by atoms with Crippen molar-refractivity contribution in [3.8, 4) is 5.75 Å². The zero-order chi connectivity index (χ0) is 24.7. The molecule has 7 heteroatoms. The molecule has 0 bridgehead atoms. The molecule has 2 aliphatic rings. The molecule has 7 nitrogen and oxygen atoms in total. The summed E-state index contributed by atoms with van der Waals surface area (Å²) in [6.07, 6.45) is 4.12. The molecule has 1 aromatic heterocycles. The predicted octanol–water partition coefficient (Wildman–Crippen LogP) is 4.09. The Morgan fingerprint density at radius 2 is 1.91 bits per heavy atom. The summed E-state index contributed by atoms with van der Waals surface area (Å²) in [4.78, 5) is 34.2. The number of ketones is 1. The maximum atomic E-state index is 13.3. The lowest BCUT2D eigenvalue weighted by Crippen LogP contribution is -2.29. The van der Waals surface area contributed by atoms with Crippen molar-refractivity contribution in [2.24, 2.45) is 0 Å². The molecule has 0 spiro atoms. The molecule has 178 valence electrons. The van der Waals surface area contributed by atoms with E-state index in [2.05, 4.69) is 4.98 Å². The van der Waals surface area contributed by atoms with Crippen molar-refractivity contribution >= 4 is 23.1 Å². The molecule has 2 atom stereocenters. The first-order valence-corrected chi connectivity index (χ1v) is 11.6. The first-order valence-electron chi connectivity index (χ1n) is 11.6. The number of carbonyl (C=O) groups is 2. The van der Waals surface area contributed by atoms with Crippen molar-refractivity contribution in [3.63, 3.8) is 0 Å². The minimum absolute atomic E-state index is 0.0580. The summed E-state index contributed by atoms with van der Waals surface area (Å²) in [5.41, 5.74) is 4.09. The molecule has 5 rings (SSSR count). The molecule has 0 radical (unpaired) electrons. The van der Waals surface area contributed by atoms with Crippen molar-refractivity contribution in [1.29, 1.82) is 0 Å². The fourth-order valence-corrected chi connectivity index (χ4v) is 4.76. The van der Waals surface area contributed by atoms with E-state index in [1.165, 1.54) is 4.90 Å². The highest BCUT2D eigenvalue weighted by Gasteiger charge is 2.46. The molecule has 1 N–H and O–H groups in total. The van der Waals surface area contributed by atoms with E-state index in [1.807, 2.05) is 62.3 Å². The number of hydrogen-bond acceptors (Lipinski definition) is 6. The molecule has 2 aromatic carbocycles. The minimum atomic E-state index is -0.727. The highest BCUT2D eigenvalue weighted by molar-refractivity contribution is 6.46. The van der Waals surface area contributed by atoms with Crippen LogP contribution in [-0.4, -0.2) is 46.9 Å². The summed E-state index contributed by atoms with van der Waals surface area (Å²) in [6.45, 7) is 2.19. The van der Waals surface area contributed by atoms with Crippen LogP contribution in [0.15, 0.2) is 72.6 Å². The van der Waals surface area contributed by atoms with Crippen molar-refractivity contribution in [3.05, 3.63) is 94.8 Å². The number of amides is 1. The van der Waals surface area contributed by atoms with Gasteiger partial charge in [-0.3, -0.25) is 14.6 Å². The van der Waals surface area contributed by atoms with Gasteiger partial charge in [-0.1, -0.05) is 18.2 Å². The highest BCUT2D eigenvalue weighted by Crippen LogP contribution is 2.41. The maximum Gasteiger partial charge on any atom is 0.295 e. The Morgan fingerprint density at radius 3 is 2.60 bits per heavy atom. The second-order valence-electron chi connectivity index (χ2n) is 9.23. The summed E-state index contributed by atoms with van der Waals surface area (Å²) < 4.78 is 5.77. The third-order valence-corrected chi connectivity index (χ3v) is 6.51. The Morgan fingerprint density at radius 1 is 1.14 bits per heavy atom. The Kier molecular flexibility index (Phi) is 5.76. The first kappa shape index (κ1) is 22.7. The molecule has 3 heterocycles. The van der Waals surface area contributed by atoms with Gasteiger partial charge >= 0.3 is 0 Å². The summed E-state index contributed by atoms with van der Waals surface area (Å²) in [6, 6.07) is 16.0. The van der Waals surface area contributed by atoms with Crippen LogP contribution in [0.5, 0.6) is 5.75 Å². The second-order valence-corrected chi connectivity index (χ2v) is 9.23. The van der Waals surface area contributed by atoms with E-state index in [-0.39, 0.29) is 24.0 Å². The summed E-state index contributed by atoms with van der Waals surface area (Å²) in [5, 5.41) is 11.4. The van der Waals surface area contributed by atoms with Gasteiger partial charge in [0.2, 0.25) is 0 Å². The average molecular weight is 470 g/mol. The van der Waals surface area contributed by atoms with E-state index >= 15 is 0 Å².